The molecule has 0 atom stereocenters. The molecule has 2 aliphatic rings. The molecule has 13 heteroatoms. The lowest BCUT2D eigenvalue weighted by Gasteiger charge is -2.33. The number of carbonyl (C=O) groups excluding carboxylic acids is 1. The Hall–Kier alpha value is -4.23. The number of nitrogens with zero attached hydrogens (tertiary/aromatic N) is 6. The highest BCUT2D eigenvalue weighted by atomic mass is 19.2. The molecule has 0 spiro atoms. The summed E-state index contributed by atoms with van der Waals surface area (Å²) in [5.41, 5.74) is 6.98. The predicted molar refractivity (Wildman–Crippen MR) is 157 cm³/mol. The Morgan fingerprint density at radius 1 is 1.17 bits per heavy atom. The van der Waals surface area contributed by atoms with Gasteiger partial charge in [0.25, 0.3) is 0 Å². The number of nitrogens with one attached hydrogen (secondary N) is 1. The van der Waals surface area contributed by atoms with E-state index in [2.05, 4.69) is 27.3 Å². The normalized spacial score (nSPS) is 17.0. The Kier molecular flexibility index (Phi) is 9.18. The molecule has 2 aliphatic heterocycles. The highest BCUT2D eigenvalue weighted by molar-refractivity contribution is 6.16. The predicted octanol–water partition coefficient (Wildman–Crippen LogP) is 3.03. The summed E-state index contributed by atoms with van der Waals surface area (Å²) in [5.74, 6) is -1.14. The number of hydrogen-bond donors (Lipinski definition) is 2. The molecule has 1 fully saturated rings. The van der Waals surface area contributed by atoms with Crippen molar-refractivity contribution < 1.29 is 23.0 Å². The molecule has 3 aromatic rings. The number of aliphatic imine (C=N–C) groups is 1. The molecule has 1 saturated heterocycles. The summed E-state index contributed by atoms with van der Waals surface area (Å²) < 4.78 is 42.4. The Morgan fingerprint density at radius 2 is 2.02 bits per heavy atom. The molecule has 42 heavy (non-hydrogen) atoms. The molecule has 3 heterocycles. The van der Waals surface area contributed by atoms with Crippen molar-refractivity contribution in [1.82, 2.24) is 19.6 Å². The first kappa shape index (κ1) is 29.3. The fraction of sp³-hybridized carbons (Fsp3) is 0.414. The van der Waals surface area contributed by atoms with E-state index in [0.29, 0.717) is 40.9 Å². The van der Waals surface area contributed by atoms with Gasteiger partial charge in [0.2, 0.25) is 5.91 Å². The van der Waals surface area contributed by atoms with E-state index in [0.717, 1.165) is 51.6 Å². The Balaban J connectivity index is 1.41. The number of amidine groups is 1. The second-order valence-corrected chi connectivity index (χ2v) is 10.4. The maximum Gasteiger partial charge on any atom is 0.239 e. The lowest BCUT2D eigenvalue weighted by atomic mass is 10.1. The van der Waals surface area contributed by atoms with Gasteiger partial charge in [-0.3, -0.25) is 9.48 Å². The molecule has 0 radical (unpaired) electrons. The van der Waals surface area contributed by atoms with Crippen LogP contribution in [0, 0.1) is 11.6 Å². The monoisotopic (exact) mass is 582 g/mol. The third-order valence-corrected chi connectivity index (χ3v) is 7.31. The van der Waals surface area contributed by atoms with Gasteiger partial charge in [0.05, 0.1) is 44.2 Å². The van der Waals surface area contributed by atoms with Crippen molar-refractivity contribution in [2.24, 2.45) is 10.7 Å². The van der Waals surface area contributed by atoms with Crippen LogP contribution in [-0.2, 0) is 11.3 Å². The smallest absolute Gasteiger partial charge is 0.239 e. The van der Waals surface area contributed by atoms with E-state index in [4.69, 9.17) is 20.2 Å². The van der Waals surface area contributed by atoms with Gasteiger partial charge in [0.1, 0.15) is 18.1 Å². The topological polar surface area (TPSA) is 113 Å². The van der Waals surface area contributed by atoms with Crippen LogP contribution in [0.4, 0.5) is 25.8 Å². The lowest BCUT2D eigenvalue weighted by Crippen LogP contribution is -2.41. The lowest BCUT2D eigenvalue weighted by molar-refractivity contribution is -0.118. The number of likely N-dealkylation sites (N-methyl/N-ethyl adjacent to an activating group) is 1. The molecule has 1 amide bonds. The van der Waals surface area contributed by atoms with E-state index in [-0.39, 0.29) is 18.9 Å². The number of primary amides is 1. The highest BCUT2D eigenvalue weighted by Crippen LogP contribution is 2.38. The van der Waals surface area contributed by atoms with Crippen molar-refractivity contribution in [2.75, 3.05) is 70.4 Å². The molecule has 0 aliphatic carbocycles. The minimum absolute atomic E-state index is 0.00966. The SMILES string of the molecule is COc1cc2c(cc1OCCCN1CCCN(C)CC1)NCN(c1cccc(F)c1F)C2=Nc1cnn(CC(N)=O)c1. The summed E-state index contributed by atoms with van der Waals surface area (Å²) in [4.78, 5) is 22.4. The zero-order valence-corrected chi connectivity index (χ0v) is 23.9. The van der Waals surface area contributed by atoms with Crippen LogP contribution < -0.4 is 25.4 Å². The van der Waals surface area contributed by atoms with Gasteiger partial charge in [-0.05, 0) is 51.2 Å². The number of ether oxygens (including phenoxy) is 2. The van der Waals surface area contributed by atoms with E-state index in [9.17, 15) is 13.6 Å². The third-order valence-electron chi connectivity index (χ3n) is 7.31. The summed E-state index contributed by atoms with van der Waals surface area (Å²) in [6.45, 7) is 5.78. The second-order valence-electron chi connectivity index (χ2n) is 10.4. The summed E-state index contributed by atoms with van der Waals surface area (Å²) in [6.07, 6.45) is 5.05. The van der Waals surface area contributed by atoms with Gasteiger partial charge in [-0.2, -0.15) is 5.10 Å². The Labute approximate surface area is 243 Å². The molecule has 5 rings (SSSR count). The quantitative estimate of drug-likeness (QED) is 0.351. The maximum atomic E-state index is 15.0. The number of hydrogen-bond acceptors (Lipinski definition) is 8. The van der Waals surface area contributed by atoms with Gasteiger partial charge in [0.15, 0.2) is 23.1 Å². The molecule has 11 nitrogen and oxygen atoms in total. The minimum atomic E-state index is -0.997. The fourth-order valence-corrected chi connectivity index (χ4v) is 5.14. The van der Waals surface area contributed by atoms with Crippen LogP contribution >= 0.6 is 0 Å². The first-order chi connectivity index (χ1) is 20.3. The summed E-state index contributed by atoms with van der Waals surface area (Å²) in [6, 6.07) is 7.58. The standard InChI is InChI=1S/C29H36F2N8O3/c1-36-8-4-9-37(12-11-36)10-5-13-42-26-15-23-21(14-25(26)41-2)29(35-20-16-34-38(17-20)18-27(32)40)39(19-33-23)24-7-3-6-22(30)28(24)31/h3,6-7,14-17,33H,4-5,8-13,18-19H2,1-2H3,(H2,32,40). The second kappa shape index (κ2) is 13.2. The van der Waals surface area contributed by atoms with Crippen molar-refractivity contribution >= 4 is 28.8 Å². The number of fused-ring (bicyclic) bond motifs is 1. The molecule has 0 bridgehead atoms. The van der Waals surface area contributed by atoms with E-state index in [1.54, 1.807) is 19.4 Å². The number of nitrogens with two attached hydrogens (primary N) is 1. The minimum Gasteiger partial charge on any atom is -0.493 e. The van der Waals surface area contributed by atoms with Crippen molar-refractivity contribution in [3.63, 3.8) is 0 Å². The average Bonchev–Trinajstić information content (AvgIpc) is 3.29. The van der Waals surface area contributed by atoms with Gasteiger partial charge in [-0.1, -0.05) is 6.07 Å². The Bertz CT molecular complexity index is 1450. The third kappa shape index (κ3) is 6.80. The van der Waals surface area contributed by atoms with E-state index < -0.39 is 17.5 Å². The molecule has 224 valence electrons. The van der Waals surface area contributed by atoms with Gasteiger partial charge in [-0.25, -0.2) is 13.8 Å². The van der Waals surface area contributed by atoms with Crippen LogP contribution in [0.3, 0.4) is 0 Å². The van der Waals surface area contributed by atoms with Gasteiger partial charge >= 0.3 is 0 Å². The van der Waals surface area contributed by atoms with E-state index >= 15 is 0 Å². The maximum absolute atomic E-state index is 15.0. The number of methoxy groups -OCH3 is 1. The van der Waals surface area contributed by atoms with Crippen LogP contribution in [0.2, 0.25) is 0 Å². The summed E-state index contributed by atoms with van der Waals surface area (Å²) in [5, 5.41) is 7.40. The Morgan fingerprint density at radius 3 is 2.83 bits per heavy atom. The molecule has 1 aromatic heterocycles. The summed E-state index contributed by atoms with van der Waals surface area (Å²) in [7, 11) is 3.71. The van der Waals surface area contributed by atoms with Crippen molar-refractivity contribution in [3.8, 4) is 11.5 Å². The van der Waals surface area contributed by atoms with Crippen LogP contribution in [0.5, 0.6) is 11.5 Å². The van der Waals surface area contributed by atoms with Gasteiger partial charge < -0.3 is 35.2 Å². The number of rotatable bonds is 10. The van der Waals surface area contributed by atoms with E-state index in [1.165, 1.54) is 27.9 Å². The van der Waals surface area contributed by atoms with Gasteiger partial charge in [0, 0.05) is 31.3 Å². The highest BCUT2D eigenvalue weighted by Gasteiger charge is 2.29. The van der Waals surface area contributed by atoms with Crippen LogP contribution in [0.25, 0.3) is 0 Å². The van der Waals surface area contributed by atoms with Crippen molar-refractivity contribution in [2.45, 2.75) is 19.4 Å². The van der Waals surface area contributed by atoms with E-state index in [1.807, 2.05) is 6.07 Å². The summed E-state index contributed by atoms with van der Waals surface area (Å²) >= 11 is 0. The molecule has 0 saturated carbocycles. The zero-order valence-electron chi connectivity index (χ0n) is 23.9. The number of amides is 1. The molecular formula is C29H36F2N8O3. The molecular weight excluding hydrogens is 546 g/mol. The largest absolute Gasteiger partial charge is 0.493 e. The first-order valence-electron chi connectivity index (χ1n) is 13.9. The van der Waals surface area contributed by atoms with Gasteiger partial charge in [-0.15, -0.1) is 0 Å². The van der Waals surface area contributed by atoms with Crippen molar-refractivity contribution in [1.29, 1.82) is 0 Å². The first-order valence-corrected chi connectivity index (χ1v) is 13.9. The van der Waals surface area contributed by atoms with Crippen LogP contribution in [-0.4, -0.2) is 91.5 Å². The number of halogens is 2. The number of aromatic nitrogens is 2. The fourth-order valence-electron chi connectivity index (χ4n) is 5.14. The molecule has 0 unspecified atom stereocenters. The number of benzene rings is 2. The average molecular weight is 583 g/mol. The van der Waals surface area contributed by atoms with Crippen LogP contribution in [0.15, 0.2) is 47.7 Å². The molecule has 2 aromatic carbocycles. The zero-order chi connectivity index (χ0) is 29.6. The number of carbonyl (C=O) groups is 1. The van der Waals surface area contributed by atoms with Crippen LogP contribution in [0.1, 0.15) is 18.4 Å². The molecule has 3 N–H and O–H groups in total. The number of anilines is 2. The van der Waals surface area contributed by atoms with Crippen molar-refractivity contribution in [3.05, 3.63) is 59.9 Å².